The quantitative estimate of drug-likeness (QED) is 0.0195. The monoisotopic (exact) mass is 1120 g/mol. The molecule has 2 unspecified atom stereocenters. The van der Waals surface area contributed by atoms with Gasteiger partial charge in [-0.1, -0.05) is 292 Å². The number of aliphatic carboxylic acids is 1. The van der Waals surface area contributed by atoms with Crippen molar-refractivity contribution in [1.29, 1.82) is 0 Å². The van der Waals surface area contributed by atoms with Crippen LogP contribution in [0.2, 0.25) is 0 Å². The van der Waals surface area contributed by atoms with E-state index in [-0.39, 0.29) is 32.2 Å². The normalized spacial score (nSPS) is 13.3. The second-order valence-corrected chi connectivity index (χ2v) is 23.4. The van der Waals surface area contributed by atoms with Crippen LogP contribution in [0.1, 0.15) is 290 Å². The van der Waals surface area contributed by atoms with Crippen LogP contribution < -0.4 is 5.11 Å². The second kappa shape index (κ2) is 61.5. The smallest absolute Gasteiger partial charge is 0.306 e. The Morgan fingerprint density at radius 3 is 1.06 bits per heavy atom. The molecule has 0 amide bonds. The third-order valence-electron chi connectivity index (χ3n) is 14.4. The van der Waals surface area contributed by atoms with Gasteiger partial charge >= 0.3 is 11.9 Å². The highest BCUT2D eigenvalue weighted by atomic mass is 16.7. The Bertz CT molecular complexity index is 1590. The molecule has 0 saturated carbocycles. The lowest BCUT2D eigenvalue weighted by atomic mass is 10.0. The van der Waals surface area contributed by atoms with E-state index in [1.807, 2.05) is 21.1 Å². The van der Waals surface area contributed by atoms with Gasteiger partial charge in [0, 0.05) is 12.8 Å². The van der Waals surface area contributed by atoms with Gasteiger partial charge in [-0.15, -0.1) is 0 Å². The van der Waals surface area contributed by atoms with E-state index in [0.29, 0.717) is 23.9 Å². The largest absolute Gasteiger partial charge is 0.545 e. The van der Waals surface area contributed by atoms with E-state index in [9.17, 15) is 19.5 Å². The Hall–Kier alpha value is -3.53. The first-order valence-corrected chi connectivity index (χ1v) is 33.2. The predicted molar refractivity (Wildman–Crippen MR) is 338 cm³/mol. The first-order valence-electron chi connectivity index (χ1n) is 33.2. The molecule has 2 atom stereocenters. The molecule has 462 valence electrons. The number of likely N-dealkylation sites (N-methyl/N-ethyl adjacent to an activating group) is 1. The molecule has 0 heterocycles. The maximum atomic E-state index is 12.9. The molecule has 0 N–H and O–H groups in total. The third kappa shape index (κ3) is 62.1. The molecule has 0 fully saturated rings. The van der Waals surface area contributed by atoms with Crippen LogP contribution in [0.3, 0.4) is 0 Å². The molecule has 0 aromatic carbocycles. The fraction of sp³-hybridized carbons (Fsp3) is 0.761. The van der Waals surface area contributed by atoms with Gasteiger partial charge in [0.05, 0.1) is 40.3 Å². The Morgan fingerprint density at radius 1 is 0.388 bits per heavy atom. The molecule has 0 aromatic rings. The summed E-state index contributed by atoms with van der Waals surface area (Å²) in [7, 11) is 5.93. The molecule has 0 aromatic heterocycles. The van der Waals surface area contributed by atoms with E-state index in [1.54, 1.807) is 0 Å². The van der Waals surface area contributed by atoms with E-state index in [0.717, 1.165) is 77.0 Å². The Morgan fingerprint density at radius 2 is 0.713 bits per heavy atom. The molecular formula is C71H125NO8. The topological polar surface area (TPSA) is 111 Å². The van der Waals surface area contributed by atoms with Crippen LogP contribution >= 0.6 is 0 Å². The van der Waals surface area contributed by atoms with Crippen LogP contribution in [0.4, 0.5) is 0 Å². The minimum Gasteiger partial charge on any atom is -0.545 e. The Kier molecular flexibility index (Phi) is 58.8. The number of unbranched alkanes of at least 4 members (excludes halogenated alkanes) is 32. The number of carboxylic acid groups (broad SMARTS) is 1. The molecule has 9 heteroatoms. The summed E-state index contributed by atoms with van der Waals surface area (Å²) in [4.78, 5) is 37.3. The number of quaternary nitrogens is 1. The number of nitrogens with zero attached hydrogens (tertiary/aromatic N) is 1. The molecule has 0 bridgehead atoms. The molecule has 0 radical (unpaired) electrons. The number of hydrogen-bond donors (Lipinski definition) is 0. The van der Waals surface area contributed by atoms with Gasteiger partial charge in [-0.25, -0.2) is 0 Å². The Balaban J connectivity index is 3.98. The molecule has 0 saturated heterocycles. The van der Waals surface area contributed by atoms with Crippen LogP contribution in [0, 0.1) is 0 Å². The summed E-state index contributed by atoms with van der Waals surface area (Å²) in [5.41, 5.74) is 0. The van der Waals surface area contributed by atoms with Gasteiger partial charge in [-0.2, -0.15) is 0 Å². The molecule has 0 rings (SSSR count). The molecule has 0 aliphatic rings. The van der Waals surface area contributed by atoms with E-state index in [1.165, 1.54) is 180 Å². The second-order valence-electron chi connectivity index (χ2n) is 23.4. The van der Waals surface area contributed by atoms with Gasteiger partial charge in [0.1, 0.15) is 13.2 Å². The standard InChI is InChI=1S/C71H125NO8/c1-6-8-10-12-14-16-18-20-22-23-24-25-26-27-28-29-30-31-32-33-34-35-36-37-38-39-40-41-42-43-44-45-46-47-48-50-52-54-56-58-60-62-69(74)80-67(66-79-71(70(75)76)77-64-63-72(3,4)5)65-78-68(73)61-59-57-55-53-51-49-21-19-17-15-13-11-9-7-2/h8,10,14,16,20,22,24-25,27-28,30-31,33-34,67,71H,6-7,9,11-13,15,17-19,21,23,26,29,32,35-66H2,1-5H3/b10-8-,16-14-,22-20-,25-24-,28-27-,31-30-,34-33-. The van der Waals surface area contributed by atoms with Crippen molar-refractivity contribution in [3.63, 3.8) is 0 Å². The molecular weight excluding hydrogens is 995 g/mol. The number of hydrogen-bond acceptors (Lipinski definition) is 8. The molecule has 0 aliphatic heterocycles. The molecule has 9 nitrogen and oxygen atoms in total. The van der Waals surface area contributed by atoms with Crippen LogP contribution in [0.5, 0.6) is 0 Å². The summed E-state index contributed by atoms with van der Waals surface area (Å²) in [6, 6.07) is 0. The average molecular weight is 1120 g/mol. The maximum Gasteiger partial charge on any atom is 0.306 e. The summed E-state index contributed by atoms with van der Waals surface area (Å²) in [5.74, 6) is -2.27. The van der Waals surface area contributed by atoms with Gasteiger partial charge in [0.15, 0.2) is 12.4 Å². The van der Waals surface area contributed by atoms with E-state index < -0.39 is 24.3 Å². The number of carbonyl (C=O) groups excluding carboxylic acids is 3. The number of ether oxygens (including phenoxy) is 4. The van der Waals surface area contributed by atoms with Gasteiger partial charge in [0.25, 0.3) is 0 Å². The fourth-order valence-electron chi connectivity index (χ4n) is 9.34. The van der Waals surface area contributed by atoms with Crippen molar-refractivity contribution in [2.45, 2.75) is 302 Å². The number of carboxylic acids is 1. The third-order valence-corrected chi connectivity index (χ3v) is 14.4. The van der Waals surface area contributed by atoms with Crippen molar-refractivity contribution >= 4 is 17.9 Å². The summed E-state index contributed by atoms with van der Waals surface area (Å²) in [5, 5.41) is 11.8. The number of allylic oxidation sites excluding steroid dienone is 14. The maximum absolute atomic E-state index is 12.9. The highest BCUT2D eigenvalue weighted by molar-refractivity contribution is 5.70. The van der Waals surface area contributed by atoms with Crippen LogP contribution in [-0.2, 0) is 33.3 Å². The number of rotatable bonds is 61. The van der Waals surface area contributed by atoms with Gasteiger partial charge < -0.3 is 33.3 Å². The van der Waals surface area contributed by atoms with E-state index >= 15 is 0 Å². The van der Waals surface area contributed by atoms with Crippen molar-refractivity contribution in [2.75, 3.05) is 47.5 Å². The van der Waals surface area contributed by atoms with Gasteiger partial charge in [-0.3, -0.25) is 9.59 Å². The first kappa shape index (κ1) is 76.5. The van der Waals surface area contributed by atoms with Crippen LogP contribution in [-0.4, -0.2) is 82.3 Å². The lowest BCUT2D eigenvalue weighted by molar-refractivity contribution is -0.870. The minimum atomic E-state index is -1.62. The van der Waals surface area contributed by atoms with Crippen molar-refractivity contribution in [2.24, 2.45) is 0 Å². The molecule has 80 heavy (non-hydrogen) atoms. The highest BCUT2D eigenvalue weighted by Crippen LogP contribution is 2.17. The van der Waals surface area contributed by atoms with Crippen molar-refractivity contribution in [3.05, 3.63) is 85.1 Å². The fourth-order valence-corrected chi connectivity index (χ4v) is 9.34. The summed E-state index contributed by atoms with van der Waals surface area (Å²) in [6.45, 7) is 4.66. The predicted octanol–water partition coefficient (Wildman–Crippen LogP) is 19.0. The lowest BCUT2D eigenvalue weighted by Gasteiger charge is -2.26. The number of carbonyl (C=O) groups is 3. The Labute approximate surface area is 493 Å². The van der Waals surface area contributed by atoms with Crippen molar-refractivity contribution < 1.29 is 42.9 Å². The molecule has 0 aliphatic carbocycles. The highest BCUT2D eigenvalue weighted by Gasteiger charge is 2.22. The van der Waals surface area contributed by atoms with Crippen molar-refractivity contribution in [3.8, 4) is 0 Å². The lowest BCUT2D eigenvalue weighted by Crippen LogP contribution is -2.44. The number of esters is 2. The first-order chi connectivity index (χ1) is 39.1. The van der Waals surface area contributed by atoms with E-state index in [2.05, 4.69) is 98.9 Å². The summed E-state index contributed by atoms with van der Waals surface area (Å²) >= 11 is 0. The SMILES string of the molecule is CC/C=C\C/C=C\C/C=C\C/C=C\C/C=C\C/C=C\C/C=C\CCCCCCCCCCCCCCCCCCCCCC(=O)OC(COC(=O)CCCCCCCCCCCCCCCC)COC(OCC[N+](C)(C)C)C(=O)[O-]. The summed E-state index contributed by atoms with van der Waals surface area (Å²) in [6.07, 6.45) is 79.5. The summed E-state index contributed by atoms with van der Waals surface area (Å²) < 4.78 is 22.7. The minimum absolute atomic E-state index is 0.149. The van der Waals surface area contributed by atoms with Gasteiger partial charge in [-0.05, 0) is 70.6 Å². The zero-order valence-electron chi connectivity index (χ0n) is 52.7. The van der Waals surface area contributed by atoms with Gasteiger partial charge in [0.2, 0.25) is 0 Å². The molecule has 0 spiro atoms. The zero-order chi connectivity index (χ0) is 58.3. The zero-order valence-corrected chi connectivity index (χ0v) is 52.7. The van der Waals surface area contributed by atoms with Crippen molar-refractivity contribution in [1.82, 2.24) is 0 Å². The average Bonchev–Trinajstić information content (AvgIpc) is 3.43. The van der Waals surface area contributed by atoms with E-state index in [4.69, 9.17) is 18.9 Å². The van der Waals surface area contributed by atoms with Crippen LogP contribution in [0.25, 0.3) is 0 Å². The van der Waals surface area contributed by atoms with Crippen LogP contribution in [0.15, 0.2) is 85.1 Å².